The Bertz CT molecular complexity index is 926. The summed E-state index contributed by atoms with van der Waals surface area (Å²) in [7, 11) is 1.59. The van der Waals surface area contributed by atoms with Crippen LogP contribution in [0, 0.1) is 0 Å². The lowest BCUT2D eigenvalue weighted by molar-refractivity contribution is 0.174. The maximum Gasteiger partial charge on any atom is 0.231 e. The molecule has 1 N–H and O–H groups in total. The molecule has 5 nitrogen and oxygen atoms in total. The Labute approximate surface area is 168 Å². The van der Waals surface area contributed by atoms with Gasteiger partial charge in [0.2, 0.25) is 6.79 Å². The van der Waals surface area contributed by atoms with Gasteiger partial charge in [-0.05, 0) is 48.0 Å². The van der Waals surface area contributed by atoms with Crippen LogP contribution in [-0.4, -0.2) is 13.9 Å². The number of hydrogen-bond donors (Lipinski definition) is 1. The van der Waals surface area contributed by atoms with E-state index < -0.39 is 0 Å². The highest BCUT2D eigenvalue weighted by Gasteiger charge is 2.13. The second kappa shape index (κ2) is 8.57. The fourth-order valence-electron chi connectivity index (χ4n) is 2.83. The van der Waals surface area contributed by atoms with Crippen LogP contribution >= 0.6 is 24.0 Å². The molecule has 0 radical (unpaired) electrons. The second-order valence-electron chi connectivity index (χ2n) is 5.91. The van der Waals surface area contributed by atoms with Crippen molar-refractivity contribution in [2.75, 3.05) is 13.9 Å². The average molecular weight is 408 g/mol. The molecule has 142 valence electrons. The van der Waals surface area contributed by atoms with Crippen molar-refractivity contribution in [1.29, 1.82) is 0 Å². The normalized spacial score (nSPS) is 11.9. The predicted molar refractivity (Wildman–Crippen MR) is 106 cm³/mol. The minimum Gasteiger partial charge on any atom is -0.495 e. The number of rotatable bonds is 6. The van der Waals surface area contributed by atoms with Gasteiger partial charge in [-0.1, -0.05) is 17.7 Å². The number of fused-ring (bicyclic) bond motifs is 1. The van der Waals surface area contributed by atoms with Crippen LogP contribution in [0.5, 0.6) is 17.2 Å². The van der Waals surface area contributed by atoms with Gasteiger partial charge in [-0.25, -0.2) is 0 Å². The molecule has 1 aliphatic rings. The van der Waals surface area contributed by atoms with Crippen LogP contribution in [0.1, 0.15) is 11.3 Å². The highest BCUT2D eigenvalue weighted by Crippen LogP contribution is 2.33. The first-order valence-corrected chi connectivity index (χ1v) is 8.62. The van der Waals surface area contributed by atoms with Crippen LogP contribution in [-0.2, 0) is 13.1 Å². The number of methoxy groups -OCH3 is 1. The van der Waals surface area contributed by atoms with E-state index in [0.29, 0.717) is 23.9 Å². The number of ether oxygens (including phenoxy) is 3. The van der Waals surface area contributed by atoms with Crippen molar-refractivity contribution >= 4 is 24.0 Å². The SMILES string of the molecule is COc1ccc(-c2ccc(CNCc3ccc4c(c3)OCO4)o2)cc1Cl.Cl. The van der Waals surface area contributed by atoms with Gasteiger partial charge in [-0.15, -0.1) is 12.4 Å². The lowest BCUT2D eigenvalue weighted by atomic mass is 10.2. The van der Waals surface area contributed by atoms with Gasteiger partial charge in [0, 0.05) is 12.1 Å². The molecule has 4 rings (SSSR count). The van der Waals surface area contributed by atoms with Gasteiger partial charge in [0.1, 0.15) is 17.3 Å². The topological polar surface area (TPSA) is 52.9 Å². The van der Waals surface area contributed by atoms with Crippen molar-refractivity contribution in [3.63, 3.8) is 0 Å². The standard InChI is InChI=1S/C20H18ClNO4.ClH/c1-23-18-6-3-14(9-16(18)21)17-7-4-15(26-17)11-22-10-13-2-5-19-20(8-13)25-12-24-19;/h2-9,22H,10-12H2,1H3;1H. The zero-order chi connectivity index (χ0) is 17.9. The van der Waals surface area contributed by atoms with E-state index >= 15 is 0 Å². The number of halogens is 2. The molecule has 0 unspecified atom stereocenters. The molecule has 0 spiro atoms. The summed E-state index contributed by atoms with van der Waals surface area (Å²) in [5.74, 6) is 3.86. The first-order valence-electron chi connectivity index (χ1n) is 8.25. The molecular formula is C20H19Cl2NO4. The van der Waals surface area contributed by atoms with E-state index in [9.17, 15) is 0 Å². The quantitative estimate of drug-likeness (QED) is 0.619. The van der Waals surface area contributed by atoms with E-state index in [2.05, 4.69) is 5.32 Å². The summed E-state index contributed by atoms with van der Waals surface area (Å²) in [5, 5.41) is 3.93. The van der Waals surface area contributed by atoms with E-state index in [1.807, 2.05) is 48.5 Å². The van der Waals surface area contributed by atoms with E-state index in [0.717, 1.165) is 34.1 Å². The molecule has 0 saturated heterocycles. The Morgan fingerprint density at radius 3 is 2.67 bits per heavy atom. The van der Waals surface area contributed by atoms with Crippen molar-refractivity contribution in [3.8, 4) is 28.6 Å². The van der Waals surface area contributed by atoms with Crippen LogP contribution in [0.2, 0.25) is 5.02 Å². The van der Waals surface area contributed by atoms with Crippen molar-refractivity contribution < 1.29 is 18.6 Å². The third-order valence-electron chi connectivity index (χ3n) is 4.16. The number of furan rings is 1. The number of hydrogen-bond acceptors (Lipinski definition) is 5. The zero-order valence-electron chi connectivity index (χ0n) is 14.7. The summed E-state index contributed by atoms with van der Waals surface area (Å²) in [5.41, 5.74) is 2.04. The van der Waals surface area contributed by atoms with Crippen LogP contribution in [0.25, 0.3) is 11.3 Å². The van der Waals surface area contributed by atoms with Gasteiger partial charge in [-0.2, -0.15) is 0 Å². The van der Waals surface area contributed by atoms with Crippen LogP contribution in [0.15, 0.2) is 52.9 Å². The Hall–Kier alpha value is -2.34. The van der Waals surface area contributed by atoms with Gasteiger partial charge >= 0.3 is 0 Å². The summed E-state index contributed by atoms with van der Waals surface area (Å²) in [6.07, 6.45) is 0. The van der Waals surface area contributed by atoms with Crippen LogP contribution in [0.3, 0.4) is 0 Å². The monoisotopic (exact) mass is 407 g/mol. The third-order valence-corrected chi connectivity index (χ3v) is 4.46. The lowest BCUT2D eigenvalue weighted by Gasteiger charge is -2.05. The van der Waals surface area contributed by atoms with Gasteiger partial charge in [0.15, 0.2) is 11.5 Å². The van der Waals surface area contributed by atoms with Gasteiger partial charge in [0.25, 0.3) is 0 Å². The lowest BCUT2D eigenvalue weighted by Crippen LogP contribution is -2.11. The predicted octanol–water partition coefficient (Wildman–Crippen LogP) is 5.05. The first kappa shape index (κ1) is 19.4. The van der Waals surface area contributed by atoms with Crippen molar-refractivity contribution in [2.45, 2.75) is 13.1 Å². The maximum atomic E-state index is 6.18. The highest BCUT2D eigenvalue weighted by molar-refractivity contribution is 6.32. The molecule has 27 heavy (non-hydrogen) atoms. The Morgan fingerprint density at radius 2 is 1.85 bits per heavy atom. The van der Waals surface area contributed by atoms with Gasteiger partial charge in [-0.3, -0.25) is 0 Å². The van der Waals surface area contributed by atoms with Crippen molar-refractivity contribution in [3.05, 3.63) is 64.9 Å². The molecule has 0 bridgehead atoms. The molecule has 1 aliphatic heterocycles. The smallest absolute Gasteiger partial charge is 0.231 e. The first-order chi connectivity index (χ1) is 12.7. The van der Waals surface area contributed by atoms with Crippen LogP contribution < -0.4 is 19.5 Å². The van der Waals surface area contributed by atoms with E-state index in [1.54, 1.807) is 7.11 Å². The van der Waals surface area contributed by atoms with Gasteiger partial charge in [0.05, 0.1) is 18.7 Å². The largest absolute Gasteiger partial charge is 0.495 e. The maximum absolute atomic E-state index is 6.18. The molecule has 1 aromatic heterocycles. The third kappa shape index (κ3) is 4.33. The molecule has 0 amide bonds. The Morgan fingerprint density at radius 1 is 1.00 bits per heavy atom. The number of nitrogens with one attached hydrogen (secondary N) is 1. The summed E-state index contributed by atoms with van der Waals surface area (Å²) >= 11 is 6.18. The summed E-state index contributed by atoms with van der Waals surface area (Å²) in [6.45, 7) is 1.62. The minimum absolute atomic E-state index is 0. The minimum atomic E-state index is 0. The van der Waals surface area contributed by atoms with Crippen molar-refractivity contribution in [2.24, 2.45) is 0 Å². The molecule has 0 atom stereocenters. The summed E-state index contributed by atoms with van der Waals surface area (Å²) in [6, 6.07) is 15.4. The zero-order valence-corrected chi connectivity index (χ0v) is 16.2. The fraction of sp³-hybridized carbons (Fsp3) is 0.200. The summed E-state index contributed by atoms with van der Waals surface area (Å²) in [4.78, 5) is 0. The Balaban J connectivity index is 0.00000210. The molecule has 0 saturated carbocycles. The fourth-order valence-corrected chi connectivity index (χ4v) is 3.09. The molecule has 3 aromatic rings. The number of benzene rings is 2. The van der Waals surface area contributed by atoms with E-state index in [1.165, 1.54) is 0 Å². The van der Waals surface area contributed by atoms with E-state index in [-0.39, 0.29) is 19.2 Å². The Kier molecular flexibility index (Phi) is 6.16. The van der Waals surface area contributed by atoms with Crippen LogP contribution in [0.4, 0.5) is 0 Å². The molecule has 7 heteroatoms. The average Bonchev–Trinajstić information content (AvgIpc) is 3.30. The van der Waals surface area contributed by atoms with Crippen molar-refractivity contribution in [1.82, 2.24) is 5.32 Å². The highest BCUT2D eigenvalue weighted by atomic mass is 35.5. The van der Waals surface area contributed by atoms with Gasteiger partial charge < -0.3 is 23.9 Å². The molecular weight excluding hydrogens is 389 g/mol. The molecule has 0 fully saturated rings. The van der Waals surface area contributed by atoms with E-state index in [4.69, 9.17) is 30.2 Å². The summed E-state index contributed by atoms with van der Waals surface area (Å²) < 4.78 is 21.8. The second-order valence-corrected chi connectivity index (χ2v) is 6.31. The molecule has 2 heterocycles. The molecule has 0 aliphatic carbocycles. The molecule has 2 aromatic carbocycles.